The van der Waals surface area contributed by atoms with Crippen LogP contribution in [0.3, 0.4) is 0 Å². The first-order valence-corrected chi connectivity index (χ1v) is 8.67. The fraction of sp³-hybridized carbons (Fsp3) is 0.227. The number of nitrogens with zero attached hydrogens (tertiary/aromatic N) is 1. The summed E-state index contributed by atoms with van der Waals surface area (Å²) in [5.41, 5.74) is 5.32. The highest BCUT2D eigenvalue weighted by atomic mass is 16.5. The summed E-state index contributed by atoms with van der Waals surface area (Å²) in [4.78, 5) is 4.74. The molecule has 27 heavy (non-hydrogen) atoms. The Balaban J connectivity index is 1.93. The SMILES string of the molecule is COc1cc(Nc2cccc(-c3ccc(C)c(C)c3)n2)cc(OC)c1OC. The van der Waals surface area contributed by atoms with Crippen LogP contribution in [0.2, 0.25) is 0 Å². The molecular formula is C22H24N2O3. The van der Waals surface area contributed by atoms with E-state index in [0.29, 0.717) is 17.2 Å². The van der Waals surface area contributed by atoms with E-state index in [0.717, 1.165) is 22.8 Å². The molecule has 0 spiro atoms. The van der Waals surface area contributed by atoms with Gasteiger partial charge in [-0.05, 0) is 43.2 Å². The maximum absolute atomic E-state index is 5.41. The largest absolute Gasteiger partial charge is 0.493 e. The van der Waals surface area contributed by atoms with Crippen molar-refractivity contribution in [2.45, 2.75) is 13.8 Å². The summed E-state index contributed by atoms with van der Waals surface area (Å²) in [7, 11) is 4.78. The molecule has 0 saturated heterocycles. The van der Waals surface area contributed by atoms with E-state index < -0.39 is 0 Å². The predicted octanol–water partition coefficient (Wildman–Crippen LogP) is 5.13. The molecular weight excluding hydrogens is 340 g/mol. The predicted molar refractivity (Wildman–Crippen MR) is 109 cm³/mol. The van der Waals surface area contributed by atoms with Crippen LogP contribution < -0.4 is 19.5 Å². The maximum Gasteiger partial charge on any atom is 0.203 e. The molecule has 3 aromatic rings. The van der Waals surface area contributed by atoms with Crippen molar-refractivity contribution in [3.05, 3.63) is 59.7 Å². The molecule has 0 saturated carbocycles. The molecule has 0 aliphatic carbocycles. The van der Waals surface area contributed by atoms with Crippen LogP contribution in [0.4, 0.5) is 11.5 Å². The second-order valence-corrected chi connectivity index (χ2v) is 6.25. The number of aryl methyl sites for hydroxylation is 2. The molecule has 0 aliphatic heterocycles. The summed E-state index contributed by atoms with van der Waals surface area (Å²) in [5.74, 6) is 2.47. The Morgan fingerprint density at radius 3 is 2.07 bits per heavy atom. The second kappa shape index (κ2) is 7.99. The zero-order valence-electron chi connectivity index (χ0n) is 16.3. The van der Waals surface area contributed by atoms with Gasteiger partial charge in [-0.2, -0.15) is 0 Å². The van der Waals surface area contributed by atoms with Gasteiger partial charge in [-0.1, -0.05) is 18.2 Å². The quantitative estimate of drug-likeness (QED) is 0.657. The molecule has 0 unspecified atom stereocenters. The highest BCUT2D eigenvalue weighted by Crippen LogP contribution is 2.40. The minimum Gasteiger partial charge on any atom is -0.493 e. The van der Waals surface area contributed by atoms with E-state index in [1.807, 2.05) is 30.3 Å². The summed E-state index contributed by atoms with van der Waals surface area (Å²) < 4.78 is 16.2. The average Bonchev–Trinajstić information content (AvgIpc) is 2.69. The summed E-state index contributed by atoms with van der Waals surface area (Å²) in [6.07, 6.45) is 0. The first kappa shape index (κ1) is 18.6. The molecule has 3 rings (SSSR count). The van der Waals surface area contributed by atoms with Crippen LogP contribution in [-0.4, -0.2) is 26.3 Å². The van der Waals surface area contributed by atoms with Gasteiger partial charge in [-0.15, -0.1) is 0 Å². The average molecular weight is 364 g/mol. The molecule has 0 atom stereocenters. The van der Waals surface area contributed by atoms with E-state index in [1.54, 1.807) is 21.3 Å². The Morgan fingerprint density at radius 2 is 1.48 bits per heavy atom. The molecule has 1 heterocycles. The van der Waals surface area contributed by atoms with E-state index in [9.17, 15) is 0 Å². The van der Waals surface area contributed by atoms with Gasteiger partial charge in [0.25, 0.3) is 0 Å². The Labute approximate surface area is 159 Å². The van der Waals surface area contributed by atoms with Crippen LogP contribution in [0.1, 0.15) is 11.1 Å². The molecule has 1 aromatic heterocycles. The number of methoxy groups -OCH3 is 3. The summed E-state index contributed by atoms with van der Waals surface area (Å²) in [6, 6.07) is 16.0. The maximum atomic E-state index is 5.41. The molecule has 140 valence electrons. The zero-order chi connectivity index (χ0) is 19.4. The minimum atomic E-state index is 0.558. The van der Waals surface area contributed by atoms with Crippen molar-refractivity contribution < 1.29 is 14.2 Å². The monoisotopic (exact) mass is 364 g/mol. The highest BCUT2D eigenvalue weighted by Gasteiger charge is 2.13. The second-order valence-electron chi connectivity index (χ2n) is 6.25. The number of aromatic nitrogens is 1. The summed E-state index contributed by atoms with van der Waals surface area (Å²) >= 11 is 0. The standard InChI is InChI=1S/C22H24N2O3/c1-14-9-10-16(11-15(14)2)18-7-6-8-21(24-18)23-17-12-19(25-3)22(27-5)20(13-17)26-4/h6-13H,1-5H3,(H,23,24). The fourth-order valence-corrected chi connectivity index (χ4v) is 2.87. The number of ether oxygens (including phenoxy) is 3. The van der Waals surface area contributed by atoms with Gasteiger partial charge in [-0.3, -0.25) is 0 Å². The zero-order valence-corrected chi connectivity index (χ0v) is 16.3. The third-order valence-electron chi connectivity index (χ3n) is 4.49. The highest BCUT2D eigenvalue weighted by molar-refractivity contribution is 5.69. The molecule has 0 bridgehead atoms. The first-order valence-electron chi connectivity index (χ1n) is 8.67. The van der Waals surface area contributed by atoms with E-state index in [4.69, 9.17) is 19.2 Å². The van der Waals surface area contributed by atoms with Crippen LogP contribution in [-0.2, 0) is 0 Å². The van der Waals surface area contributed by atoms with Crippen molar-refractivity contribution in [2.75, 3.05) is 26.6 Å². The minimum absolute atomic E-state index is 0.558. The van der Waals surface area contributed by atoms with Crippen LogP contribution in [0, 0.1) is 13.8 Å². The molecule has 0 radical (unpaired) electrons. The molecule has 5 heteroatoms. The van der Waals surface area contributed by atoms with E-state index in [-0.39, 0.29) is 0 Å². The first-order chi connectivity index (χ1) is 13.0. The third kappa shape index (κ3) is 3.97. The lowest BCUT2D eigenvalue weighted by molar-refractivity contribution is 0.324. The number of hydrogen-bond acceptors (Lipinski definition) is 5. The molecule has 5 nitrogen and oxygen atoms in total. The number of benzene rings is 2. The van der Waals surface area contributed by atoms with Gasteiger partial charge in [0.1, 0.15) is 5.82 Å². The smallest absolute Gasteiger partial charge is 0.203 e. The van der Waals surface area contributed by atoms with Crippen molar-refractivity contribution in [3.8, 4) is 28.5 Å². The van der Waals surface area contributed by atoms with Gasteiger partial charge in [0.05, 0.1) is 27.0 Å². The van der Waals surface area contributed by atoms with Gasteiger partial charge in [0.15, 0.2) is 11.5 Å². The van der Waals surface area contributed by atoms with E-state index >= 15 is 0 Å². The third-order valence-corrected chi connectivity index (χ3v) is 4.49. The molecule has 1 N–H and O–H groups in total. The summed E-state index contributed by atoms with van der Waals surface area (Å²) in [5, 5.41) is 3.31. The Hall–Kier alpha value is -3.21. The van der Waals surface area contributed by atoms with Gasteiger partial charge in [0.2, 0.25) is 5.75 Å². The van der Waals surface area contributed by atoms with Crippen LogP contribution >= 0.6 is 0 Å². The van der Waals surface area contributed by atoms with Gasteiger partial charge >= 0.3 is 0 Å². The van der Waals surface area contributed by atoms with Crippen LogP contribution in [0.5, 0.6) is 17.2 Å². The lowest BCUT2D eigenvalue weighted by Crippen LogP contribution is -1.99. The number of pyridine rings is 1. The number of hydrogen-bond donors (Lipinski definition) is 1. The van der Waals surface area contributed by atoms with Crippen molar-refractivity contribution >= 4 is 11.5 Å². The Kier molecular flexibility index (Phi) is 5.50. The Morgan fingerprint density at radius 1 is 0.778 bits per heavy atom. The number of nitrogens with one attached hydrogen (secondary N) is 1. The normalized spacial score (nSPS) is 10.4. The van der Waals surface area contributed by atoms with Crippen molar-refractivity contribution in [1.29, 1.82) is 0 Å². The lowest BCUT2D eigenvalue weighted by atomic mass is 10.0. The topological polar surface area (TPSA) is 52.6 Å². The van der Waals surface area contributed by atoms with E-state index in [1.165, 1.54) is 11.1 Å². The van der Waals surface area contributed by atoms with Crippen molar-refractivity contribution in [3.63, 3.8) is 0 Å². The lowest BCUT2D eigenvalue weighted by Gasteiger charge is -2.15. The Bertz CT molecular complexity index is 929. The molecule has 0 aliphatic rings. The molecule has 0 fully saturated rings. The van der Waals surface area contributed by atoms with Gasteiger partial charge in [-0.25, -0.2) is 4.98 Å². The van der Waals surface area contributed by atoms with Crippen LogP contribution in [0.15, 0.2) is 48.5 Å². The molecule has 0 amide bonds. The number of anilines is 2. The van der Waals surface area contributed by atoms with Gasteiger partial charge < -0.3 is 19.5 Å². The summed E-state index contributed by atoms with van der Waals surface area (Å²) in [6.45, 7) is 4.21. The van der Waals surface area contributed by atoms with E-state index in [2.05, 4.69) is 37.4 Å². The number of rotatable bonds is 6. The van der Waals surface area contributed by atoms with Crippen molar-refractivity contribution in [2.24, 2.45) is 0 Å². The fourth-order valence-electron chi connectivity index (χ4n) is 2.87. The van der Waals surface area contributed by atoms with Gasteiger partial charge in [0, 0.05) is 23.4 Å². The molecule has 2 aromatic carbocycles. The van der Waals surface area contributed by atoms with Crippen LogP contribution in [0.25, 0.3) is 11.3 Å². The van der Waals surface area contributed by atoms with Crippen molar-refractivity contribution in [1.82, 2.24) is 4.98 Å².